The van der Waals surface area contributed by atoms with E-state index in [0.717, 1.165) is 0 Å². The zero-order chi connectivity index (χ0) is 7.94. The molecule has 0 bridgehead atoms. The van der Waals surface area contributed by atoms with Gasteiger partial charge in [0.2, 0.25) is 0 Å². The first-order chi connectivity index (χ1) is 4.46. The smallest absolute Gasteiger partial charge is 0.0111 e. The van der Waals surface area contributed by atoms with Crippen LogP contribution in [0.15, 0.2) is 11.1 Å². The quantitative estimate of drug-likeness (QED) is 0.450. The summed E-state index contributed by atoms with van der Waals surface area (Å²) in [5.41, 5.74) is 3.50. The summed E-state index contributed by atoms with van der Waals surface area (Å²) in [7, 11) is 0. The lowest BCUT2D eigenvalue weighted by Gasteiger charge is -2.46. The first-order valence-electron chi connectivity index (χ1n) is 3.96. The molecule has 0 aromatic carbocycles. The fourth-order valence-corrected chi connectivity index (χ4v) is 1.73. The number of rotatable bonds is 0. The molecular weight excluding hydrogens is 120 g/mol. The number of allylic oxidation sites excluding steroid dienone is 2. The van der Waals surface area contributed by atoms with Gasteiger partial charge in [-0.05, 0) is 38.5 Å². The third-order valence-corrected chi connectivity index (χ3v) is 2.85. The van der Waals surface area contributed by atoms with Crippen LogP contribution in [0.25, 0.3) is 0 Å². The third-order valence-electron chi connectivity index (χ3n) is 2.85. The summed E-state index contributed by atoms with van der Waals surface area (Å²) in [5.74, 6) is 0.636. The standard InChI is InChI=1S/C10H17/c1-7(2)9-6-8(3)10(9,4)5/h8H,3,6H2,1-2,4-5H3/t8-/m1/s1. The topological polar surface area (TPSA) is 0 Å². The zero-order valence-electron chi connectivity index (χ0n) is 7.49. The molecule has 1 saturated carbocycles. The Balaban J connectivity index is 2.83. The van der Waals surface area contributed by atoms with Crippen molar-refractivity contribution in [2.75, 3.05) is 0 Å². The van der Waals surface area contributed by atoms with Gasteiger partial charge in [-0.15, -0.1) is 0 Å². The molecule has 10 heavy (non-hydrogen) atoms. The monoisotopic (exact) mass is 137 g/mol. The summed E-state index contributed by atoms with van der Waals surface area (Å²) in [6, 6.07) is 0. The first kappa shape index (κ1) is 7.84. The number of hydrogen-bond acceptors (Lipinski definition) is 0. The van der Waals surface area contributed by atoms with E-state index >= 15 is 0 Å². The molecule has 0 heteroatoms. The van der Waals surface area contributed by atoms with Crippen LogP contribution in [0.3, 0.4) is 0 Å². The largest absolute Gasteiger partial charge is 0.0767 e. The van der Waals surface area contributed by atoms with Crippen LogP contribution in [0.2, 0.25) is 0 Å². The molecule has 1 aliphatic rings. The van der Waals surface area contributed by atoms with E-state index in [1.54, 1.807) is 5.57 Å². The van der Waals surface area contributed by atoms with Gasteiger partial charge in [-0.3, -0.25) is 0 Å². The summed E-state index contributed by atoms with van der Waals surface area (Å²) in [6.07, 6.45) is 1.22. The maximum atomic E-state index is 4.10. The highest BCUT2D eigenvalue weighted by Crippen LogP contribution is 2.51. The van der Waals surface area contributed by atoms with Gasteiger partial charge in [0.1, 0.15) is 0 Å². The van der Waals surface area contributed by atoms with Gasteiger partial charge < -0.3 is 0 Å². The second-order valence-electron chi connectivity index (χ2n) is 4.10. The Morgan fingerprint density at radius 3 is 2.10 bits per heavy atom. The zero-order valence-corrected chi connectivity index (χ0v) is 7.49. The van der Waals surface area contributed by atoms with Crippen molar-refractivity contribution in [3.63, 3.8) is 0 Å². The second kappa shape index (κ2) is 2.11. The van der Waals surface area contributed by atoms with Gasteiger partial charge in [0.05, 0.1) is 0 Å². The van der Waals surface area contributed by atoms with E-state index in [4.69, 9.17) is 0 Å². The van der Waals surface area contributed by atoms with Gasteiger partial charge in [-0.25, -0.2) is 0 Å². The van der Waals surface area contributed by atoms with Gasteiger partial charge in [-0.2, -0.15) is 0 Å². The van der Waals surface area contributed by atoms with E-state index in [1.165, 1.54) is 12.0 Å². The lowest BCUT2D eigenvalue weighted by atomic mass is 9.58. The molecule has 0 saturated heterocycles. The third kappa shape index (κ3) is 0.902. The van der Waals surface area contributed by atoms with Crippen molar-refractivity contribution in [1.29, 1.82) is 0 Å². The Bertz CT molecular complexity index is 168. The molecule has 1 aliphatic carbocycles. The molecule has 0 heterocycles. The van der Waals surface area contributed by atoms with Gasteiger partial charge in [0.15, 0.2) is 0 Å². The summed E-state index contributed by atoms with van der Waals surface area (Å²) < 4.78 is 0. The summed E-state index contributed by atoms with van der Waals surface area (Å²) in [6.45, 7) is 13.1. The molecule has 0 aromatic heterocycles. The second-order valence-corrected chi connectivity index (χ2v) is 4.10. The Kier molecular flexibility index (Phi) is 1.66. The molecule has 0 amide bonds. The van der Waals surface area contributed by atoms with Crippen LogP contribution in [0.1, 0.15) is 34.1 Å². The average Bonchev–Trinajstić information content (AvgIpc) is 1.82. The molecule has 57 valence electrons. The molecule has 0 spiro atoms. The normalized spacial score (nSPS) is 29.7. The minimum atomic E-state index is 0.388. The van der Waals surface area contributed by atoms with E-state index in [9.17, 15) is 0 Å². The molecule has 1 radical (unpaired) electrons. The lowest BCUT2D eigenvalue weighted by molar-refractivity contribution is 0.211. The molecule has 1 rings (SSSR count). The maximum Gasteiger partial charge on any atom is -0.0111 e. The molecule has 0 aliphatic heterocycles. The molecule has 1 atom stereocenters. The predicted molar refractivity (Wildman–Crippen MR) is 45.6 cm³/mol. The van der Waals surface area contributed by atoms with Crippen molar-refractivity contribution in [2.24, 2.45) is 11.3 Å². The minimum Gasteiger partial charge on any atom is -0.0767 e. The first-order valence-corrected chi connectivity index (χ1v) is 3.96. The predicted octanol–water partition coefficient (Wildman–Crippen LogP) is 3.20. The lowest BCUT2D eigenvalue weighted by Crippen LogP contribution is -2.36. The molecule has 0 N–H and O–H groups in total. The Morgan fingerprint density at radius 2 is 2.00 bits per heavy atom. The fourth-order valence-electron chi connectivity index (χ4n) is 1.73. The highest BCUT2D eigenvalue weighted by molar-refractivity contribution is 5.28. The van der Waals surface area contributed by atoms with Crippen LogP contribution in [0.5, 0.6) is 0 Å². The van der Waals surface area contributed by atoms with Crippen LogP contribution >= 0.6 is 0 Å². The van der Waals surface area contributed by atoms with Crippen molar-refractivity contribution < 1.29 is 0 Å². The highest BCUT2D eigenvalue weighted by Gasteiger charge is 2.40. The molecule has 1 fully saturated rings. The van der Waals surface area contributed by atoms with Crippen molar-refractivity contribution in [2.45, 2.75) is 34.1 Å². The van der Waals surface area contributed by atoms with Crippen LogP contribution in [0, 0.1) is 18.3 Å². The number of hydrogen-bond donors (Lipinski definition) is 0. The van der Waals surface area contributed by atoms with Crippen molar-refractivity contribution in [3.05, 3.63) is 18.1 Å². The Morgan fingerprint density at radius 1 is 1.50 bits per heavy atom. The van der Waals surface area contributed by atoms with Crippen molar-refractivity contribution in [1.82, 2.24) is 0 Å². The van der Waals surface area contributed by atoms with Gasteiger partial charge >= 0.3 is 0 Å². The van der Waals surface area contributed by atoms with Gasteiger partial charge in [0, 0.05) is 0 Å². The molecule has 0 unspecified atom stereocenters. The fraction of sp³-hybridized carbons (Fsp3) is 0.700. The average molecular weight is 137 g/mol. The van der Waals surface area contributed by atoms with E-state index in [0.29, 0.717) is 11.3 Å². The SMILES string of the molecule is [CH2][C@@H]1CC(=C(C)C)C1(C)C. The van der Waals surface area contributed by atoms with Crippen molar-refractivity contribution >= 4 is 0 Å². The maximum absolute atomic E-state index is 4.10. The molecular formula is C10H17. The molecule has 0 nitrogen and oxygen atoms in total. The summed E-state index contributed by atoms with van der Waals surface area (Å²) >= 11 is 0. The van der Waals surface area contributed by atoms with Gasteiger partial charge in [0.25, 0.3) is 0 Å². The summed E-state index contributed by atoms with van der Waals surface area (Å²) in [5, 5.41) is 0. The van der Waals surface area contributed by atoms with Crippen molar-refractivity contribution in [3.8, 4) is 0 Å². The van der Waals surface area contributed by atoms with E-state index < -0.39 is 0 Å². The van der Waals surface area contributed by atoms with Gasteiger partial charge in [-0.1, -0.05) is 25.0 Å². The minimum absolute atomic E-state index is 0.388. The van der Waals surface area contributed by atoms with Crippen LogP contribution in [-0.2, 0) is 0 Å². The van der Waals surface area contributed by atoms with E-state index in [-0.39, 0.29) is 0 Å². The van der Waals surface area contributed by atoms with Crippen LogP contribution < -0.4 is 0 Å². The Hall–Kier alpha value is -0.260. The Labute approximate surface area is 64.3 Å². The van der Waals surface area contributed by atoms with Crippen LogP contribution in [0.4, 0.5) is 0 Å². The van der Waals surface area contributed by atoms with E-state index in [1.807, 2.05) is 0 Å². The highest BCUT2D eigenvalue weighted by atomic mass is 14.4. The van der Waals surface area contributed by atoms with Crippen LogP contribution in [-0.4, -0.2) is 0 Å². The molecule has 0 aromatic rings. The van der Waals surface area contributed by atoms with E-state index in [2.05, 4.69) is 34.6 Å². The summed E-state index contributed by atoms with van der Waals surface area (Å²) in [4.78, 5) is 0.